The molecule has 5 nitrogen and oxygen atoms in total. The molecular formula is C11H17N3O2S. The first kappa shape index (κ1) is 13.7. The van der Waals surface area contributed by atoms with E-state index < -0.39 is 10.0 Å². The molecular weight excluding hydrogens is 238 g/mol. The van der Waals surface area contributed by atoms with Crippen molar-refractivity contribution in [3.63, 3.8) is 0 Å². The molecule has 0 aliphatic heterocycles. The van der Waals surface area contributed by atoms with Crippen molar-refractivity contribution in [3.05, 3.63) is 35.4 Å². The van der Waals surface area contributed by atoms with Gasteiger partial charge in [-0.15, -0.1) is 0 Å². The minimum absolute atomic E-state index is 0.122. The lowest BCUT2D eigenvalue weighted by atomic mass is 10.1. The molecule has 0 fully saturated rings. The van der Waals surface area contributed by atoms with E-state index in [1.54, 1.807) is 0 Å². The van der Waals surface area contributed by atoms with Crippen molar-refractivity contribution in [2.24, 2.45) is 5.73 Å². The van der Waals surface area contributed by atoms with Crippen LogP contribution < -0.4 is 10.5 Å². The Morgan fingerprint density at radius 1 is 1.41 bits per heavy atom. The molecule has 0 amide bonds. The van der Waals surface area contributed by atoms with Gasteiger partial charge in [-0.2, -0.15) is 0 Å². The predicted molar refractivity (Wildman–Crippen MR) is 68.6 cm³/mol. The molecule has 6 heteroatoms. The van der Waals surface area contributed by atoms with E-state index in [0.717, 1.165) is 17.4 Å². The molecule has 0 bridgehead atoms. The van der Waals surface area contributed by atoms with Gasteiger partial charge < -0.3 is 5.73 Å². The van der Waals surface area contributed by atoms with E-state index in [9.17, 15) is 8.42 Å². The highest BCUT2D eigenvalue weighted by Crippen LogP contribution is 2.06. The fraction of sp³-hybridized carbons (Fsp3) is 0.364. The van der Waals surface area contributed by atoms with Crippen LogP contribution in [0.2, 0.25) is 0 Å². The second-order valence-corrected chi connectivity index (χ2v) is 5.77. The Morgan fingerprint density at radius 2 is 2.06 bits per heavy atom. The summed E-state index contributed by atoms with van der Waals surface area (Å²) in [5, 5.41) is 7.21. The molecule has 0 spiro atoms. The molecule has 0 atom stereocenters. The smallest absolute Gasteiger partial charge is 0.208 e. The Labute approximate surface area is 102 Å². The van der Waals surface area contributed by atoms with Crippen LogP contribution in [0.3, 0.4) is 0 Å². The molecule has 0 aliphatic rings. The highest BCUT2D eigenvalue weighted by molar-refractivity contribution is 7.88. The first-order valence-corrected chi connectivity index (χ1v) is 7.11. The van der Waals surface area contributed by atoms with E-state index in [1.807, 2.05) is 24.3 Å². The van der Waals surface area contributed by atoms with E-state index in [0.29, 0.717) is 19.4 Å². The minimum atomic E-state index is -3.13. The molecule has 0 unspecified atom stereocenters. The molecule has 1 aromatic rings. The number of sulfonamides is 1. The highest BCUT2D eigenvalue weighted by Gasteiger charge is 2.01. The number of nitrogens with two attached hydrogens (primary N) is 1. The van der Waals surface area contributed by atoms with Gasteiger partial charge in [0.2, 0.25) is 10.0 Å². The summed E-state index contributed by atoms with van der Waals surface area (Å²) in [5.41, 5.74) is 7.32. The van der Waals surface area contributed by atoms with Crippen molar-refractivity contribution in [2.45, 2.75) is 12.8 Å². The van der Waals surface area contributed by atoms with Gasteiger partial charge in [0.05, 0.1) is 12.1 Å². The Hall–Kier alpha value is -1.40. The molecule has 1 rings (SSSR count). The van der Waals surface area contributed by atoms with Crippen molar-refractivity contribution < 1.29 is 8.42 Å². The van der Waals surface area contributed by atoms with Crippen LogP contribution >= 0.6 is 0 Å². The van der Waals surface area contributed by atoms with Gasteiger partial charge in [-0.05, 0) is 17.5 Å². The number of hydrogen-bond donors (Lipinski definition) is 3. The lowest BCUT2D eigenvalue weighted by molar-refractivity contribution is 0.588. The van der Waals surface area contributed by atoms with Crippen LogP contribution in [-0.4, -0.2) is 27.1 Å². The van der Waals surface area contributed by atoms with Crippen LogP contribution in [-0.2, 0) is 22.9 Å². The lowest BCUT2D eigenvalue weighted by Crippen LogP contribution is -2.24. The number of hydrogen-bond acceptors (Lipinski definition) is 3. The molecule has 1 aromatic carbocycles. The van der Waals surface area contributed by atoms with Crippen molar-refractivity contribution in [1.82, 2.24) is 4.72 Å². The third-order valence-corrected chi connectivity index (χ3v) is 2.89. The van der Waals surface area contributed by atoms with Gasteiger partial charge in [0.15, 0.2) is 0 Å². The van der Waals surface area contributed by atoms with E-state index >= 15 is 0 Å². The maximum absolute atomic E-state index is 10.9. The Bertz CT molecular complexity index is 497. The predicted octanol–water partition coefficient (Wildman–Crippen LogP) is 0.257. The van der Waals surface area contributed by atoms with Gasteiger partial charge in [0, 0.05) is 13.0 Å². The summed E-state index contributed by atoms with van der Waals surface area (Å²) in [7, 11) is -3.13. The fourth-order valence-corrected chi connectivity index (χ4v) is 1.97. The van der Waals surface area contributed by atoms with Crippen LogP contribution in [0.1, 0.15) is 11.1 Å². The first-order chi connectivity index (χ1) is 7.87. The van der Waals surface area contributed by atoms with Gasteiger partial charge in [0.1, 0.15) is 0 Å². The molecule has 0 saturated heterocycles. The second-order valence-electron chi connectivity index (χ2n) is 3.94. The number of nitrogens with one attached hydrogen (secondary N) is 2. The first-order valence-electron chi connectivity index (χ1n) is 5.22. The van der Waals surface area contributed by atoms with E-state index in [4.69, 9.17) is 11.1 Å². The summed E-state index contributed by atoms with van der Waals surface area (Å²) < 4.78 is 24.2. The van der Waals surface area contributed by atoms with Crippen molar-refractivity contribution >= 4 is 15.9 Å². The summed E-state index contributed by atoms with van der Waals surface area (Å²) in [6, 6.07) is 7.64. The normalized spacial score (nSPS) is 11.4. The summed E-state index contributed by atoms with van der Waals surface area (Å²) in [5.74, 6) is 0.122. The zero-order valence-corrected chi connectivity index (χ0v) is 10.5. The zero-order chi connectivity index (χ0) is 12.9. The molecule has 17 heavy (non-hydrogen) atoms. The molecule has 0 aliphatic carbocycles. The van der Waals surface area contributed by atoms with Crippen LogP contribution in [0.25, 0.3) is 0 Å². The summed E-state index contributed by atoms with van der Waals surface area (Å²) in [6.07, 6.45) is 2.19. The summed E-state index contributed by atoms with van der Waals surface area (Å²) in [4.78, 5) is 0. The SMILES string of the molecule is CS(=O)(=O)NCCc1cccc(CC(=N)N)c1. The van der Waals surface area contributed by atoms with E-state index in [2.05, 4.69) is 4.72 Å². The Kier molecular flexibility index (Phi) is 4.65. The van der Waals surface area contributed by atoms with E-state index in [-0.39, 0.29) is 5.84 Å². The van der Waals surface area contributed by atoms with Gasteiger partial charge in [-0.25, -0.2) is 13.1 Å². The number of amidine groups is 1. The Morgan fingerprint density at radius 3 is 2.65 bits per heavy atom. The molecule has 0 radical (unpaired) electrons. The second kappa shape index (κ2) is 5.79. The largest absolute Gasteiger partial charge is 0.387 e. The number of benzene rings is 1. The molecule has 0 aromatic heterocycles. The average Bonchev–Trinajstić information content (AvgIpc) is 2.15. The van der Waals surface area contributed by atoms with Gasteiger partial charge in [0.25, 0.3) is 0 Å². The third-order valence-electron chi connectivity index (χ3n) is 2.16. The van der Waals surface area contributed by atoms with Crippen LogP contribution in [0.5, 0.6) is 0 Å². The molecule has 4 N–H and O–H groups in total. The van der Waals surface area contributed by atoms with E-state index in [1.165, 1.54) is 0 Å². The topological polar surface area (TPSA) is 96.0 Å². The maximum Gasteiger partial charge on any atom is 0.208 e. The van der Waals surface area contributed by atoms with Crippen molar-refractivity contribution in [1.29, 1.82) is 5.41 Å². The van der Waals surface area contributed by atoms with Gasteiger partial charge in [-0.1, -0.05) is 24.3 Å². The summed E-state index contributed by atoms with van der Waals surface area (Å²) >= 11 is 0. The van der Waals surface area contributed by atoms with Crippen molar-refractivity contribution in [3.8, 4) is 0 Å². The van der Waals surface area contributed by atoms with Crippen LogP contribution in [0, 0.1) is 5.41 Å². The van der Waals surface area contributed by atoms with Crippen molar-refractivity contribution in [2.75, 3.05) is 12.8 Å². The molecule has 94 valence electrons. The monoisotopic (exact) mass is 255 g/mol. The molecule has 0 heterocycles. The van der Waals surface area contributed by atoms with Gasteiger partial charge in [-0.3, -0.25) is 5.41 Å². The zero-order valence-electron chi connectivity index (χ0n) is 9.73. The maximum atomic E-state index is 10.9. The number of rotatable bonds is 6. The van der Waals surface area contributed by atoms with Crippen LogP contribution in [0.4, 0.5) is 0 Å². The average molecular weight is 255 g/mol. The Balaban J connectivity index is 2.57. The standard InChI is InChI=1S/C11H17N3O2S/c1-17(15,16)14-6-5-9-3-2-4-10(7-9)8-11(12)13/h2-4,7,14H,5-6,8H2,1H3,(H3,12,13). The fourth-order valence-electron chi connectivity index (χ4n) is 1.50. The quantitative estimate of drug-likeness (QED) is 0.502. The van der Waals surface area contributed by atoms with Crippen LogP contribution in [0.15, 0.2) is 24.3 Å². The third kappa shape index (κ3) is 6.03. The minimum Gasteiger partial charge on any atom is -0.387 e. The van der Waals surface area contributed by atoms with Gasteiger partial charge >= 0.3 is 0 Å². The summed E-state index contributed by atoms with van der Waals surface area (Å²) in [6.45, 7) is 0.377. The highest BCUT2D eigenvalue weighted by atomic mass is 32.2. The molecule has 0 saturated carbocycles. The lowest BCUT2D eigenvalue weighted by Gasteiger charge is -2.05.